The first-order valence-electron chi connectivity index (χ1n) is 7.89. The van der Waals surface area contributed by atoms with Gasteiger partial charge in [-0.1, -0.05) is 11.6 Å². The number of halogens is 2. The zero-order valence-corrected chi connectivity index (χ0v) is 14.7. The Labute approximate surface area is 158 Å². The number of carboxylic acids is 1. The third kappa shape index (κ3) is 4.99. The van der Waals surface area contributed by atoms with Gasteiger partial charge in [0.15, 0.2) is 0 Å². The summed E-state index contributed by atoms with van der Waals surface area (Å²) in [6, 6.07) is 10.2. The maximum absolute atomic E-state index is 14.4. The number of ether oxygens (including phenoxy) is 1. The largest absolute Gasteiger partial charge is 0.481 e. The zero-order valence-electron chi connectivity index (χ0n) is 13.9. The highest BCUT2D eigenvalue weighted by molar-refractivity contribution is 6.30. The Balaban J connectivity index is 1.72. The molecule has 3 rings (SSSR count). The highest BCUT2D eigenvalue weighted by Crippen LogP contribution is 2.27. The van der Waals surface area contributed by atoms with Crippen LogP contribution in [-0.4, -0.2) is 37.3 Å². The van der Waals surface area contributed by atoms with Crippen molar-refractivity contribution >= 4 is 17.6 Å². The van der Waals surface area contributed by atoms with Gasteiger partial charge < -0.3 is 15.6 Å². The third-order valence-electron chi connectivity index (χ3n) is 3.52. The summed E-state index contributed by atoms with van der Waals surface area (Å²) in [4.78, 5) is 11.8. The van der Waals surface area contributed by atoms with Crippen LogP contribution >= 0.6 is 11.6 Å². The van der Waals surface area contributed by atoms with E-state index in [0.29, 0.717) is 16.5 Å². The molecule has 3 aromatic rings. The third-order valence-corrected chi connectivity index (χ3v) is 3.77. The lowest BCUT2D eigenvalue weighted by molar-refractivity contribution is -0.137. The Morgan fingerprint density at radius 3 is 2.63 bits per heavy atom. The second-order valence-corrected chi connectivity index (χ2v) is 6.16. The van der Waals surface area contributed by atoms with Gasteiger partial charge in [-0.15, -0.1) is 10.2 Å². The number of tetrazole rings is 1. The summed E-state index contributed by atoms with van der Waals surface area (Å²) < 4.78 is 20.0. The maximum Gasteiger partial charge on any atom is 0.304 e. The van der Waals surface area contributed by atoms with Crippen LogP contribution in [0, 0.1) is 5.82 Å². The Bertz CT molecular complexity index is 948. The molecule has 0 saturated carbocycles. The molecule has 0 radical (unpaired) electrons. The van der Waals surface area contributed by atoms with Crippen molar-refractivity contribution in [3.63, 3.8) is 0 Å². The second-order valence-electron chi connectivity index (χ2n) is 5.72. The molecule has 0 bridgehead atoms. The van der Waals surface area contributed by atoms with Crippen LogP contribution in [0.4, 0.5) is 4.39 Å². The molecule has 140 valence electrons. The number of hydrogen-bond acceptors (Lipinski definition) is 6. The lowest BCUT2D eigenvalue weighted by Crippen LogP contribution is -2.30. The van der Waals surface area contributed by atoms with E-state index < -0.39 is 17.8 Å². The summed E-state index contributed by atoms with van der Waals surface area (Å²) in [5, 5.41) is 20.9. The van der Waals surface area contributed by atoms with Crippen LogP contribution in [0.2, 0.25) is 5.02 Å². The molecule has 1 heterocycles. The fourth-order valence-electron chi connectivity index (χ4n) is 2.31. The quantitative estimate of drug-likeness (QED) is 0.636. The first kappa shape index (κ1) is 18.7. The maximum atomic E-state index is 14.4. The number of hydrogen-bond donors (Lipinski definition) is 2. The van der Waals surface area contributed by atoms with Crippen molar-refractivity contribution in [2.45, 2.75) is 19.0 Å². The summed E-state index contributed by atoms with van der Waals surface area (Å²) in [6.45, 7) is 0.0542. The van der Waals surface area contributed by atoms with Gasteiger partial charge in [0.25, 0.3) is 0 Å². The highest BCUT2D eigenvalue weighted by atomic mass is 35.5. The predicted octanol–water partition coefficient (Wildman–Crippen LogP) is 2.73. The van der Waals surface area contributed by atoms with Gasteiger partial charge in [-0.3, -0.25) is 4.79 Å². The van der Waals surface area contributed by atoms with Crippen LogP contribution < -0.4 is 10.5 Å². The topological polar surface area (TPSA) is 116 Å². The molecule has 10 heteroatoms. The Kier molecular flexibility index (Phi) is 5.63. The van der Waals surface area contributed by atoms with Crippen LogP contribution in [0.1, 0.15) is 6.42 Å². The minimum atomic E-state index is -1.02. The van der Waals surface area contributed by atoms with Crippen molar-refractivity contribution in [3.8, 4) is 22.9 Å². The summed E-state index contributed by atoms with van der Waals surface area (Å²) >= 11 is 5.81. The molecule has 0 spiro atoms. The Morgan fingerprint density at radius 1 is 1.26 bits per heavy atom. The van der Waals surface area contributed by atoms with E-state index in [4.69, 9.17) is 27.2 Å². The van der Waals surface area contributed by atoms with Crippen LogP contribution in [0.5, 0.6) is 11.5 Å². The number of aromatic nitrogens is 4. The molecule has 0 fully saturated rings. The van der Waals surface area contributed by atoms with E-state index >= 15 is 0 Å². The molecular formula is C17H15ClFN5O3. The van der Waals surface area contributed by atoms with E-state index in [9.17, 15) is 9.18 Å². The van der Waals surface area contributed by atoms with Crippen molar-refractivity contribution in [1.29, 1.82) is 0 Å². The average Bonchev–Trinajstić information content (AvgIpc) is 3.04. The Hall–Kier alpha value is -3.04. The lowest BCUT2D eigenvalue weighted by Gasteiger charge is -2.07. The van der Waals surface area contributed by atoms with E-state index in [1.807, 2.05) is 0 Å². The lowest BCUT2D eigenvalue weighted by atomic mass is 10.2. The minimum absolute atomic E-state index is 0.0542. The fraction of sp³-hybridized carbons (Fsp3) is 0.176. The van der Waals surface area contributed by atoms with E-state index in [-0.39, 0.29) is 24.4 Å². The van der Waals surface area contributed by atoms with E-state index in [2.05, 4.69) is 15.4 Å². The smallest absolute Gasteiger partial charge is 0.304 e. The van der Waals surface area contributed by atoms with E-state index in [0.717, 1.165) is 4.80 Å². The van der Waals surface area contributed by atoms with Gasteiger partial charge in [0, 0.05) is 17.1 Å². The van der Waals surface area contributed by atoms with Crippen LogP contribution in [0.3, 0.4) is 0 Å². The summed E-state index contributed by atoms with van der Waals surface area (Å²) in [7, 11) is 0. The van der Waals surface area contributed by atoms with Gasteiger partial charge in [-0.25, -0.2) is 4.39 Å². The van der Waals surface area contributed by atoms with Gasteiger partial charge in [0.05, 0.1) is 18.5 Å². The number of carbonyl (C=O) groups is 1. The van der Waals surface area contributed by atoms with E-state index in [1.54, 1.807) is 30.3 Å². The molecule has 8 nitrogen and oxygen atoms in total. The zero-order chi connectivity index (χ0) is 19.4. The first-order valence-corrected chi connectivity index (χ1v) is 8.27. The number of rotatable bonds is 7. The summed E-state index contributed by atoms with van der Waals surface area (Å²) in [5.41, 5.74) is 5.81. The van der Waals surface area contributed by atoms with Gasteiger partial charge in [0.1, 0.15) is 17.3 Å². The molecule has 27 heavy (non-hydrogen) atoms. The molecule has 2 aromatic carbocycles. The number of nitrogens with zero attached hydrogens (tertiary/aromatic N) is 4. The van der Waals surface area contributed by atoms with Gasteiger partial charge in [0.2, 0.25) is 5.82 Å². The fourth-order valence-corrected chi connectivity index (χ4v) is 2.43. The number of aliphatic carboxylic acids is 1. The highest BCUT2D eigenvalue weighted by Gasteiger charge is 2.15. The number of nitrogens with two attached hydrogens (primary N) is 1. The average molecular weight is 392 g/mol. The molecule has 0 aliphatic heterocycles. The molecule has 0 saturated heterocycles. The SMILES string of the molecule is NC(CC(=O)O)Cn1nnc(-c2ccc(Oc3ccc(Cl)cc3)cc2F)n1. The van der Waals surface area contributed by atoms with Crippen molar-refractivity contribution in [2.75, 3.05) is 0 Å². The van der Waals surface area contributed by atoms with Crippen LogP contribution in [0.15, 0.2) is 42.5 Å². The van der Waals surface area contributed by atoms with Crippen LogP contribution in [0.25, 0.3) is 11.4 Å². The van der Waals surface area contributed by atoms with Crippen molar-refractivity contribution in [3.05, 3.63) is 53.3 Å². The number of benzene rings is 2. The first-order chi connectivity index (χ1) is 12.9. The molecule has 1 unspecified atom stereocenters. The number of carboxylic acid groups (broad SMARTS) is 1. The molecule has 0 aliphatic rings. The van der Waals surface area contributed by atoms with E-state index in [1.165, 1.54) is 12.1 Å². The normalized spacial score (nSPS) is 12.0. The van der Waals surface area contributed by atoms with Gasteiger partial charge in [-0.05, 0) is 41.6 Å². The van der Waals surface area contributed by atoms with Crippen LogP contribution in [-0.2, 0) is 11.3 Å². The predicted molar refractivity (Wildman–Crippen MR) is 95.0 cm³/mol. The van der Waals surface area contributed by atoms with Crippen molar-refractivity contribution < 1.29 is 19.0 Å². The van der Waals surface area contributed by atoms with Crippen molar-refractivity contribution in [2.24, 2.45) is 5.73 Å². The molecular weight excluding hydrogens is 377 g/mol. The minimum Gasteiger partial charge on any atom is -0.481 e. The molecule has 1 atom stereocenters. The summed E-state index contributed by atoms with van der Waals surface area (Å²) in [6.07, 6.45) is -0.234. The second kappa shape index (κ2) is 8.11. The standard InChI is InChI=1S/C17H15ClFN5O3/c18-10-1-3-12(4-2-10)27-13-5-6-14(15(19)8-13)17-21-23-24(22-17)9-11(20)7-16(25)26/h1-6,8,11H,7,9,20H2,(H,25,26). The van der Waals surface area contributed by atoms with Gasteiger partial charge >= 0.3 is 5.97 Å². The molecule has 3 N–H and O–H groups in total. The summed E-state index contributed by atoms with van der Waals surface area (Å²) in [5.74, 6) is -0.730. The molecule has 1 aromatic heterocycles. The Morgan fingerprint density at radius 2 is 1.96 bits per heavy atom. The van der Waals surface area contributed by atoms with Gasteiger partial charge in [-0.2, -0.15) is 4.80 Å². The molecule has 0 amide bonds. The molecule has 0 aliphatic carbocycles. The van der Waals surface area contributed by atoms with Crippen molar-refractivity contribution in [1.82, 2.24) is 20.2 Å². The monoisotopic (exact) mass is 391 g/mol.